The van der Waals surface area contributed by atoms with Gasteiger partial charge < -0.3 is 15.2 Å². The Morgan fingerprint density at radius 2 is 2.12 bits per heavy atom. The van der Waals surface area contributed by atoms with Crippen LogP contribution in [0.4, 0.5) is 0 Å². The van der Waals surface area contributed by atoms with Gasteiger partial charge in [0.05, 0.1) is 6.61 Å². The van der Waals surface area contributed by atoms with E-state index in [1.54, 1.807) is 0 Å². The van der Waals surface area contributed by atoms with Crippen LogP contribution in [-0.2, 0) is 4.74 Å². The summed E-state index contributed by atoms with van der Waals surface area (Å²) >= 11 is 0. The standard InChI is InChI=1S/C13H17NO2/c14-11-7-13(9-5-6-15-8-9)16-12-4-2-1-3-10(11)12/h1-4,9,11,13H,5-8,14H2. The highest BCUT2D eigenvalue weighted by molar-refractivity contribution is 5.37. The smallest absolute Gasteiger partial charge is 0.124 e. The molecule has 3 atom stereocenters. The quantitative estimate of drug-likeness (QED) is 0.784. The Kier molecular flexibility index (Phi) is 2.58. The van der Waals surface area contributed by atoms with Crippen molar-refractivity contribution in [2.75, 3.05) is 13.2 Å². The Morgan fingerprint density at radius 3 is 2.94 bits per heavy atom. The van der Waals surface area contributed by atoms with E-state index in [2.05, 4.69) is 6.07 Å². The van der Waals surface area contributed by atoms with E-state index in [0.29, 0.717) is 5.92 Å². The van der Waals surface area contributed by atoms with Crippen LogP contribution in [0.2, 0.25) is 0 Å². The van der Waals surface area contributed by atoms with E-state index in [9.17, 15) is 0 Å². The monoisotopic (exact) mass is 219 g/mol. The van der Waals surface area contributed by atoms with E-state index < -0.39 is 0 Å². The van der Waals surface area contributed by atoms with E-state index >= 15 is 0 Å². The van der Waals surface area contributed by atoms with E-state index in [4.69, 9.17) is 15.2 Å². The number of hydrogen-bond acceptors (Lipinski definition) is 3. The van der Waals surface area contributed by atoms with E-state index in [-0.39, 0.29) is 12.1 Å². The highest BCUT2D eigenvalue weighted by Gasteiger charge is 2.33. The topological polar surface area (TPSA) is 44.5 Å². The molecule has 1 saturated heterocycles. The third-order valence-electron chi connectivity index (χ3n) is 3.57. The molecule has 0 aliphatic carbocycles. The molecule has 0 spiro atoms. The summed E-state index contributed by atoms with van der Waals surface area (Å²) in [5.74, 6) is 1.47. The van der Waals surface area contributed by atoms with Gasteiger partial charge in [-0.1, -0.05) is 18.2 Å². The van der Waals surface area contributed by atoms with Gasteiger partial charge in [0.2, 0.25) is 0 Å². The average molecular weight is 219 g/mol. The second-order valence-corrected chi connectivity index (χ2v) is 4.66. The molecule has 2 aliphatic heterocycles. The van der Waals surface area contributed by atoms with Gasteiger partial charge in [0.15, 0.2) is 0 Å². The minimum absolute atomic E-state index is 0.107. The summed E-state index contributed by atoms with van der Waals surface area (Å²) in [5.41, 5.74) is 7.32. The van der Waals surface area contributed by atoms with Crippen LogP contribution in [0.15, 0.2) is 24.3 Å². The molecule has 0 radical (unpaired) electrons. The minimum atomic E-state index is 0.107. The summed E-state index contributed by atoms with van der Waals surface area (Å²) in [6.07, 6.45) is 2.23. The van der Waals surface area contributed by atoms with Crippen molar-refractivity contribution < 1.29 is 9.47 Å². The summed E-state index contributed by atoms with van der Waals surface area (Å²) in [5, 5.41) is 0. The normalized spacial score (nSPS) is 33.2. The number of fused-ring (bicyclic) bond motifs is 1. The van der Waals surface area contributed by atoms with Crippen LogP contribution in [0.5, 0.6) is 5.75 Å². The van der Waals surface area contributed by atoms with E-state index in [1.807, 2.05) is 18.2 Å². The van der Waals surface area contributed by atoms with Crippen LogP contribution >= 0.6 is 0 Å². The lowest BCUT2D eigenvalue weighted by Gasteiger charge is -2.33. The molecule has 3 rings (SSSR count). The Hall–Kier alpha value is -1.06. The third kappa shape index (κ3) is 1.70. The van der Waals surface area contributed by atoms with Crippen LogP contribution in [0.25, 0.3) is 0 Å². The van der Waals surface area contributed by atoms with Gasteiger partial charge in [0.25, 0.3) is 0 Å². The van der Waals surface area contributed by atoms with Crippen molar-refractivity contribution in [1.29, 1.82) is 0 Å². The molecule has 16 heavy (non-hydrogen) atoms. The molecule has 2 N–H and O–H groups in total. The maximum Gasteiger partial charge on any atom is 0.124 e. The summed E-state index contributed by atoms with van der Waals surface area (Å²) in [6.45, 7) is 1.68. The Balaban J connectivity index is 1.83. The van der Waals surface area contributed by atoms with Crippen molar-refractivity contribution in [3.05, 3.63) is 29.8 Å². The lowest BCUT2D eigenvalue weighted by atomic mass is 9.90. The first-order valence-electron chi connectivity index (χ1n) is 5.93. The lowest BCUT2D eigenvalue weighted by Crippen LogP contribution is -2.35. The number of rotatable bonds is 1. The Labute approximate surface area is 95.5 Å². The zero-order chi connectivity index (χ0) is 11.0. The molecule has 2 heterocycles. The molecule has 3 nitrogen and oxygen atoms in total. The second-order valence-electron chi connectivity index (χ2n) is 4.66. The van der Waals surface area contributed by atoms with Crippen molar-refractivity contribution in [2.45, 2.75) is 25.0 Å². The van der Waals surface area contributed by atoms with Crippen LogP contribution in [0.3, 0.4) is 0 Å². The number of para-hydroxylation sites is 1. The summed E-state index contributed by atoms with van der Waals surface area (Å²) in [4.78, 5) is 0. The second kappa shape index (κ2) is 4.07. The number of ether oxygens (including phenoxy) is 2. The SMILES string of the molecule is NC1CC(C2CCOC2)Oc2ccccc21. The molecule has 1 fully saturated rings. The first-order chi connectivity index (χ1) is 7.84. The Bertz CT molecular complexity index is 374. The maximum absolute atomic E-state index is 6.18. The largest absolute Gasteiger partial charge is 0.490 e. The van der Waals surface area contributed by atoms with Crippen molar-refractivity contribution in [3.8, 4) is 5.75 Å². The first-order valence-corrected chi connectivity index (χ1v) is 5.93. The van der Waals surface area contributed by atoms with Crippen LogP contribution < -0.4 is 10.5 Å². The fraction of sp³-hybridized carbons (Fsp3) is 0.538. The molecule has 0 saturated carbocycles. The summed E-state index contributed by atoms with van der Waals surface area (Å²) < 4.78 is 11.4. The van der Waals surface area contributed by atoms with Crippen molar-refractivity contribution >= 4 is 0 Å². The first kappa shape index (κ1) is 10.1. The third-order valence-corrected chi connectivity index (χ3v) is 3.57. The predicted octanol–water partition coefficient (Wildman–Crippen LogP) is 1.87. The van der Waals surface area contributed by atoms with Crippen molar-refractivity contribution in [2.24, 2.45) is 11.7 Å². The van der Waals surface area contributed by atoms with Crippen molar-refractivity contribution in [1.82, 2.24) is 0 Å². The highest BCUT2D eigenvalue weighted by atomic mass is 16.5. The van der Waals surface area contributed by atoms with Gasteiger partial charge in [0, 0.05) is 30.6 Å². The number of nitrogens with two attached hydrogens (primary N) is 1. The van der Waals surface area contributed by atoms with E-state index in [1.165, 1.54) is 0 Å². The molecule has 3 unspecified atom stereocenters. The number of benzene rings is 1. The van der Waals surface area contributed by atoms with Gasteiger partial charge in [-0.3, -0.25) is 0 Å². The van der Waals surface area contributed by atoms with Crippen LogP contribution in [0.1, 0.15) is 24.4 Å². The Morgan fingerprint density at radius 1 is 1.25 bits per heavy atom. The molecule has 2 aliphatic rings. The zero-order valence-electron chi connectivity index (χ0n) is 9.26. The van der Waals surface area contributed by atoms with Gasteiger partial charge in [-0.25, -0.2) is 0 Å². The van der Waals surface area contributed by atoms with Gasteiger partial charge in [0.1, 0.15) is 11.9 Å². The fourth-order valence-corrected chi connectivity index (χ4v) is 2.62. The van der Waals surface area contributed by atoms with Gasteiger partial charge in [-0.2, -0.15) is 0 Å². The van der Waals surface area contributed by atoms with E-state index in [0.717, 1.165) is 37.4 Å². The van der Waals surface area contributed by atoms with Gasteiger partial charge in [-0.15, -0.1) is 0 Å². The van der Waals surface area contributed by atoms with Crippen LogP contribution in [-0.4, -0.2) is 19.3 Å². The molecule has 0 aromatic heterocycles. The predicted molar refractivity (Wildman–Crippen MR) is 61.3 cm³/mol. The molecular formula is C13H17NO2. The molecule has 0 bridgehead atoms. The molecule has 1 aromatic rings. The fourth-order valence-electron chi connectivity index (χ4n) is 2.62. The molecular weight excluding hydrogens is 202 g/mol. The zero-order valence-corrected chi connectivity index (χ0v) is 9.26. The summed E-state index contributed by atoms with van der Waals surface area (Å²) in [7, 11) is 0. The highest BCUT2D eigenvalue weighted by Crippen LogP contribution is 2.36. The molecule has 0 amide bonds. The summed E-state index contributed by atoms with van der Waals surface area (Å²) in [6, 6.07) is 8.19. The van der Waals surface area contributed by atoms with Gasteiger partial charge in [-0.05, 0) is 12.5 Å². The number of hydrogen-bond donors (Lipinski definition) is 1. The maximum atomic E-state index is 6.18. The molecule has 3 heteroatoms. The van der Waals surface area contributed by atoms with Crippen molar-refractivity contribution in [3.63, 3.8) is 0 Å². The molecule has 1 aromatic carbocycles. The van der Waals surface area contributed by atoms with Crippen LogP contribution in [0, 0.1) is 5.92 Å². The average Bonchev–Trinajstić information content (AvgIpc) is 2.82. The minimum Gasteiger partial charge on any atom is -0.490 e. The lowest BCUT2D eigenvalue weighted by molar-refractivity contribution is 0.0855. The molecule has 86 valence electrons. The van der Waals surface area contributed by atoms with Gasteiger partial charge >= 0.3 is 0 Å².